The minimum atomic E-state index is 0. The molecule has 0 aromatic carbocycles. The molecule has 3 heteroatoms. The quantitative estimate of drug-likeness (QED) is 0.341. The topological polar surface area (TPSA) is 17.1 Å². The summed E-state index contributed by atoms with van der Waals surface area (Å²) in [5.41, 5.74) is 0. The summed E-state index contributed by atoms with van der Waals surface area (Å²) in [5.74, 6) is 0. The van der Waals surface area contributed by atoms with Crippen LogP contribution in [0.25, 0.3) is 0 Å². The van der Waals surface area contributed by atoms with Crippen LogP contribution >= 0.6 is 11.3 Å². The molecular weight excluding hydrogens is 147 g/mol. The van der Waals surface area contributed by atoms with Gasteiger partial charge >= 0.3 is 51.4 Å². The smallest absolute Gasteiger partial charge is 0.417 e. The Labute approximate surface area is 94.5 Å². The molecule has 0 radical (unpaired) electrons. The van der Waals surface area contributed by atoms with Crippen molar-refractivity contribution < 1.29 is 56.2 Å². The van der Waals surface area contributed by atoms with Crippen LogP contribution in [0.1, 0.15) is 4.88 Å². The van der Waals surface area contributed by atoms with Gasteiger partial charge in [-0.1, -0.05) is 0 Å². The van der Waals surface area contributed by atoms with Gasteiger partial charge in [0.25, 0.3) is 0 Å². The summed E-state index contributed by atoms with van der Waals surface area (Å²) >= 11 is 1.40. The first-order valence-corrected chi connectivity index (χ1v) is 2.73. The zero-order chi connectivity index (χ0) is 5.11. The number of hydrogen-bond acceptors (Lipinski definition) is 2. The maximum absolute atomic E-state index is 9.75. The average molecular weight is 150 g/mol. The van der Waals surface area contributed by atoms with E-state index in [2.05, 4.69) is 0 Å². The first-order valence-electron chi connectivity index (χ1n) is 1.85. The van der Waals surface area contributed by atoms with Crippen molar-refractivity contribution >= 4 is 17.6 Å². The molecule has 1 aromatic heterocycles. The number of hydrogen-bond donors (Lipinski definition) is 0. The van der Waals surface area contributed by atoms with E-state index in [1.165, 1.54) is 11.3 Å². The Bertz CT molecular complexity index is 147. The van der Waals surface area contributed by atoms with E-state index < -0.39 is 0 Å². The number of thiophene rings is 1. The van der Waals surface area contributed by atoms with Gasteiger partial charge in [-0.25, -0.2) is 0 Å². The van der Waals surface area contributed by atoms with Crippen LogP contribution in [0, 0.1) is 0 Å². The average Bonchev–Trinajstić information content (AvgIpc) is 2.14. The van der Waals surface area contributed by atoms with Gasteiger partial charge in [0.05, 0.1) is 0 Å². The second-order valence-electron chi connectivity index (χ2n) is 1.08. The fourth-order valence-corrected chi connectivity index (χ4v) is 0.846. The van der Waals surface area contributed by atoms with Crippen LogP contribution in [0.2, 0.25) is 0 Å². The monoisotopic (exact) mass is 150 g/mol. The van der Waals surface area contributed by atoms with Crippen LogP contribution in [0.5, 0.6) is 0 Å². The fraction of sp³-hybridized carbons (Fsp3) is 0. The first-order chi connectivity index (χ1) is 3.43. The van der Waals surface area contributed by atoms with Gasteiger partial charge in [-0.3, -0.25) is 0 Å². The Hall–Kier alpha value is 1.01. The van der Waals surface area contributed by atoms with Gasteiger partial charge in [0.15, 0.2) is 0 Å². The van der Waals surface area contributed by atoms with Gasteiger partial charge in [-0.2, -0.15) is 17.4 Å². The summed E-state index contributed by atoms with van der Waals surface area (Å²) in [7, 11) is 0. The molecule has 0 atom stereocenters. The SMILES string of the molecule is O=[C-]c1cccs1.[K+]. The molecule has 0 aliphatic carbocycles. The molecule has 0 saturated carbocycles. The predicted molar refractivity (Wildman–Crippen MR) is 29.1 cm³/mol. The van der Waals surface area contributed by atoms with Gasteiger partial charge in [-0.15, -0.1) is 10.9 Å². The number of rotatable bonds is 1. The normalized spacial score (nSPS) is 7.50. The summed E-state index contributed by atoms with van der Waals surface area (Å²) in [6.45, 7) is 0. The Balaban J connectivity index is 0.000000490. The molecule has 0 N–H and O–H groups in total. The molecule has 1 heterocycles. The largest absolute Gasteiger partial charge is 1.00 e. The Kier molecular flexibility index (Phi) is 5.45. The molecule has 1 nitrogen and oxygen atoms in total. The molecule has 1 aromatic rings. The Morgan fingerprint density at radius 1 is 1.62 bits per heavy atom. The number of carbonyl (C=O) groups excluding carboxylic acids is 1. The van der Waals surface area contributed by atoms with Crippen molar-refractivity contribution in [3.63, 3.8) is 0 Å². The van der Waals surface area contributed by atoms with Crippen molar-refractivity contribution in [2.75, 3.05) is 0 Å². The maximum Gasteiger partial charge on any atom is 1.00 e. The molecule has 36 valence electrons. The Morgan fingerprint density at radius 2 is 2.38 bits per heavy atom. The van der Waals surface area contributed by atoms with Crippen LogP contribution in [0.3, 0.4) is 0 Å². The van der Waals surface area contributed by atoms with Crippen LogP contribution in [0.4, 0.5) is 0 Å². The minimum Gasteiger partial charge on any atom is -0.417 e. The van der Waals surface area contributed by atoms with Crippen molar-refractivity contribution in [2.45, 2.75) is 0 Å². The zero-order valence-electron chi connectivity index (χ0n) is 4.55. The van der Waals surface area contributed by atoms with Crippen LogP contribution < -0.4 is 51.4 Å². The molecule has 1 rings (SSSR count). The van der Waals surface area contributed by atoms with Crippen LogP contribution in [-0.2, 0) is 4.79 Å². The summed E-state index contributed by atoms with van der Waals surface area (Å²) in [5, 5.41) is 1.85. The van der Waals surface area contributed by atoms with Crippen molar-refractivity contribution in [1.29, 1.82) is 0 Å². The van der Waals surface area contributed by atoms with E-state index in [0.717, 1.165) is 0 Å². The second-order valence-corrected chi connectivity index (χ2v) is 2.03. The summed E-state index contributed by atoms with van der Waals surface area (Å²) in [6.07, 6.45) is 1.78. The molecule has 0 bridgehead atoms. The van der Waals surface area contributed by atoms with Crippen molar-refractivity contribution in [3.8, 4) is 0 Å². The standard InChI is InChI=1S/C5H3OS.K/c6-4-5-2-1-3-7-5;/h1-3H;/q-1;+1. The van der Waals surface area contributed by atoms with E-state index in [1.54, 1.807) is 12.4 Å². The second kappa shape index (κ2) is 4.85. The van der Waals surface area contributed by atoms with E-state index in [4.69, 9.17) is 0 Å². The molecule has 8 heavy (non-hydrogen) atoms. The first kappa shape index (κ1) is 9.01. The van der Waals surface area contributed by atoms with E-state index in [9.17, 15) is 4.79 Å². The van der Waals surface area contributed by atoms with E-state index in [-0.39, 0.29) is 51.4 Å². The van der Waals surface area contributed by atoms with E-state index in [0.29, 0.717) is 4.88 Å². The minimum absolute atomic E-state index is 0. The summed E-state index contributed by atoms with van der Waals surface area (Å²) in [6, 6.07) is 3.56. The summed E-state index contributed by atoms with van der Waals surface area (Å²) < 4.78 is 0. The molecule has 0 fully saturated rings. The van der Waals surface area contributed by atoms with E-state index >= 15 is 0 Å². The Morgan fingerprint density at radius 3 is 2.62 bits per heavy atom. The maximum atomic E-state index is 9.75. The van der Waals surface area contributed by atoms with Gasteiger partial charge in [0, 0.05) is 6.29 Å². The molecule has 0 amide bonds. The third-order valence-electron chi connectivity index (χ3n) is 0.622. The van der Waals surface area contributed by atoms with Gasteiger partial charge in [0.2, 0.25) is 0 Å². The van der Waals surface area contributed by atoms with Gasteiger partial charge in [0.1, 0.15) is 0 Å². The van der Waals surface area contributed by atoms with Crippen molar-refractivity contribution in [1.82, 2.24) is 0 Å². The van der Waals surface area contributed by atoms with E-state index in [1.807, 2.05) is 11.4 Å². The van der Waals surface area contributed by atoms with Gasteiger partial charge < -0.3 is 4.79 Å². The van der Waals surface area contributed by atoms with Crippen molar-refractivity contribution in [3.05, 3.63) is 22.4 Å². The van der Waals surface area contributed by atoms with Crippen molar-refractivity contribution in [2.24, 2.45) is 0 Å². The van der Waals surface area contributed by atoms with Crippen LogP contribution in [0.15, 0.2) is 17.5 Å². The molecule has 0 spiro atoms. The third kappa shape index (κ3) is 2.52. The zero-order valence-corrected chi connectivity index (χ0v) is 8.49. The molecule has 0 unspecified atom stereocenters. The van der Waals surface area contributed by atoms with Crippen LogP contribution in [-0.4, -0.2) is 6.29 Å². The van der Waals surface area contributed by atoms with Gasteiger partial charge in [-0.05, 0) is 5.38 Å². The molecule has 0 aliphatic rings. The third-order valence-corrected chi connectivity index (χ3v) is 1.39. The molecule has 0 aliphatic heterocycles. The predicted octanol–water partition coefficient (Wildman–Crippen LogP) is -1.79. The summed E-state index contributed by atoms with van der Waals surface area (Å²) in [4.78, 5) is 10.4. The molecular formula is C5H3KOS. The fourth-order valence-electron chi connectivity index (χ4n) is 0.337. The molecule has 0 saturated heterocycles.